The summed E-state index contributed by atoms with van der Waals surface area (Å²) in [5.74, 6) is -1.61. The van der Waals surface area contributed by atoms with Crippen LogP contribution < -0.4 is 5.32 Å². The van der Waals surface area contributed by atoms with Gasteiger partial charge in [-0.1, -0.05) is 60.2 Å². The molecule has 0 aliphatic carbocycles. The van der Waals surface area contributed by atoms with Crippen LogP contribution in [0.5, 0.6) is 0 Å². The first kappa shape index (κ1) is 21.2. The molecule has 0 aliphatic rings. The highest BCUT2D eigenvalue weighted by molar-refractivity contribution is 5.82. The number of aryl methyl sites for hydroxylation is 1. The van der Waals surface area contributed by atoms with Crippen molar-refractivity contribution in [3.63, 3.8) is 0 Å². The van der Waals surface area contributed by atoms with Gasteiger partial charge >= 0.3 is 5.97 Å². The zero-order chi connectivity index (χ0) is 20.5. The van der Waals surface area contributed by atoms with Gasteiger partial charge in [-0.15, -0.1) is 0 Å². The molecule has 0 aliphatic heterocycles. The fourth-order valence-electron chi connectivity index (χ4n) is 2.96. The van der Waals surface area contributed by atoms with Gasteiger partial charge < -0.3 is 15.3 Å². The number of carboxylic acid groups (broad SMARTS) is 1. The molecule has 2 aromatic rings. The van der Waals surface area contributed by atoms with E-state index in [1.165, 1.54) is 11.8 Å². The fourth-order valence-corrected chi connectivity index (χ4v) is 2.96. The summed E-state index contributed by atoms with van der Waals surface area (Å²) < 4.78 is 0. The molecule has 2 rings (SSSR count). The van der Waals surface area contributed by atoms with E-state index in [-0.39, 0.29) is 24.8 Å². The third-order valence-corrected chi connectivity index (χ3v) is 4.43. The molecule has 0 aromatic heterocycles. The van der Waals surface area contributed by atoms with Crippen LogP contribution in [0, 0.1) is 6.92 Å². The molecule has 28 heavy (non-hydrogen) atoms. The number of carboxylic acids is 1. The molecule has 0 saturated heterocycles. The molecule has 0 fully saturated rings. The second-order valence-corrected chi connectivity index (χ2v) is 6.81. The molecule has 2 amide bonds. The first-order chi connectivity index (χ1) is 13.3. The molecule has 6 nitrogen and oxygen atoms in total. The molecular formula is C22H26N2O4. The van der Waals surface area contributed by atoms with Gasteiger partial charge in [-0.2, -0.15) is 0 Å². The Morgan fingerprint density at radius 2 is 1.68 bits per heavy atom. The van der Waals surface area contributed by atoms with Crippen LogP contribution in [0.2, 0.25) is 0 Å². The van der Waals surface area contributed by atoms with Crippen LogP contribution >= 0.6 is 0 Å². The van der Waals surface area contributed by atoms with Gasteiger partial charge in [-0.3, -0.25) is 14.4 Å². The highest BCUT2D eigenvalue weighted by Crippen LogP contribution is 2.19. The molecule has 0 bridgehead atoms. The second kappa shape index (κ2) is 10.3. The molecular weight excluding hydrogens is 356 g/mol. The molecule has 2 aromatic carbocycles. The largest absolute Gasteiger partial charge is 0.480 e. The van der Waals surface area contributed by atoms with Gasteiger partial charge in [0.25, 0.3) is 0 Å². The molecule has 1 atom stereocenters. The molecule has 0 radical (unpaired) electrons. The van der Waals surface area contributed by atoms with Crippen LogP contribution in [0.25, 0.3) is 0 Å². The lowest BCUT2D eigenvalue weighted by Crippen LogP contribution is -2.40. The number of rotatable bonds is 9. The van der Waals surface area contributed by atoms with Crippen molar-refractivity contribution in [2.45, 2.75) is 32.7 Å². The van der Waals surface area contributed by atoms with Crippen LogP contribution in [-0.4, -0.2) is 40.9 Å². The minimum absolute atomic E-state index is 0.00467. The summed E-state index contributed by atoms with van der Waals surface area (Å²) in [6.45, 7) is 3.29. The summed E-state index contributed by atoms with van der Waals surface area (Å²) in [5.41, 5.74) is 2.92. The van der Waals surface area contributed by atoms with Crippen molar-refractivity contribution in [3.05, 3.63) is 71.3 Å². The van der Waals surface area contributed by atoms with Crippen molar-refractivity contribution in [3.8, 4) is 0 Å². The van der Waals surface area contributed by atoms with Crippen LogP contribution in [0.4, 0.5) is 0 Å². The third kappa shape index (κ3) is 6.87. The smallest absolute Gasteiger partial charge is 0.323 e. The van der Waals surface area contributed by atoms with Crippen LogP contribution in [0.15, 0.2) is 54.6 Å². The molecule has 0 heterocycles. The van der Waals surface area contributed by atoms with Crippen molar-refractivity contribution in [1.29, 1.82) is 0 Å². The predicted molar refractivity (Wildman–Crippen MR) is 107 cm³/mol. The average Bonchev–Trinajstić information content (AvgIpc) is 2.65. The first-order valence-corrected chi connectivity index (χ1v) is 9.22. The van der Waals surface area contributed by atoms with Crippen LogP contribution in [-0.2, 0) is 20.8 Å². The molecule has 2 N–H and O–H groups in total. The Labute approximate surface area is 165 Å². The number of carbonyl (C=O) groups is 3. The summed E-state index contributed by atoms with van der Waals surface area (Å²) in [4.78, 5) is 37.0. The second-order valence-electron chi connectivity index (χ2n) is 6.81. The SMILES string of the molecule is CC(=O)NC(CC(=O)N(CCc1ccccc1)CC(=O)O)c1ccc(C)cc1. The van der Waals surface area contributed by atoms with Gasteiger partial charge in [-0.25, -0.2) is 0 Å². The number of aliphatic carboxylic acids is 1. The van der Waals surface area contributed by atoms with Gasteiger partial charge in [0.1, 0.15) is 6.54 Å². The Balaban J connectivity index is 2.11. The number of amides is 2. The standard InChI is InChI=1S/C22H26N2O4/c1-16-8-10-19(11-9-16)20(23-17(2)25)14-21(26)24(15-22(27)28)13-12-18-6-4-3-5-7-18/h3-11,20H,12-15H2,1-2H3,(H,23,25)(H,27,28). The number of nitrogens with one attached hydrogen (secondary N) is 1. The maximum Gasteiger partial charge on any atom is 0.323 e. The molecule has 6 heteroatoms. The Morgan fingerprint density at radius 3 is 2.25 bits per heavy atom. The van der Waals surface area contributed by atoms with E-state index in [0.29, 0.717) is 13.0 Å². The van der Waals surface area contributed by atoms with Crippen molar-refractivity contribution in [2.75, 3.05) is 13.1 Å². The predicted octanol–water partition coefficient (Wildman–Crippen LogP) is 2.72. The summed E-state index contributed by atoms with van der Waals surface area (Å²) in [6, 6.07) is 16.7. The fraction of sp³-hybridized carbons (Fsp3) is 0.318. The topological polar surface area (TPSA) is 86.7 Å². The quantitative estimate of drug-likeness (QED) is 0.698. The molecule has 0 spiro atoms. The van der Waals surface area contributed by atoms with Crippen molar-refractivity contribution in [2.24, 2.45) is 0 Å². The number of hydrogen-bond donors (Lipinski definition) is 2. The average molecular weight is 382 g/mol. The summed E-state index contributed by atoms with van der Waals surface area (Å²) in [6.07, 6.45) is 0.569. The van der Waals surface area contributed by atoms with Gasteiger partial charge in [-0.05, 0) is 24.5 Å². The van der Waals surface area contributed by atoms with Gasteiger partial charge in [0.2, 0.25) is 11.8 Å². The minimum atomic E-state index is -1.06. The van der Waals surface area contributed by atoms with Crippen LogP contribution in [0.3, 0.4) is 0 Å². The highest BCUT2D eigenvalue weighted by atomic mass is 16.4. The maximum atomic E-state index is 12.8. The lowest BCUT2D eigenvalue weighted by Gasteiger charge is -2.25. The number of carbonyl (C=O) groups excluding carboxylic acids is 2. The van der Waals surface area contributed by atoms with E-state index in [1.807, 2.05) is 61.5 Å². The lowest BCUT2D eigenvalue weighted by atomic mass is 10.0. The summed E-state index contributed by atoms with van der Waals surface area (Å²) in [7, 11) is 0. The van der Waals surface area contributed by atoms with E-state index >= 15 is 0 Å². The van der Waals surface area contributed by atoms with E-state index in [4.69, 9.17) is 0 Å². The number of hydrogen-bond acceptors (Lipinski definition) is 3. The normalized spacial score (nSPS) is 11.5. The van der Waals surface area contributed by atoms with Crippen molar-refractivity contribution < 1.29 is 19.5 Å². The Morgan fingerprint density at radius 1 is 1.04 bits per heavy atom. The molecule has 0 saturated carbocycles. The van der Waals surface area contributed by atoms with E-state index in [2.05, 4.69) is 5.32 Å². The summed E-state index contributed by atoms with van der Waals surface area (Å²) in [5, 5.41) is 12.0. The van der Waals surface area contributed by atoms with Crippen molar-refractivity contribution >= 4 is 17.8 Å². The van der Waals surface area contributed by atoms with Gasteiger partial charge in [0.15, 0.2) is 0 Å². The molecule has 148 valence electrons. The Bertz CT molecular complexity index is 803. The Kier molecular flexibility index (Phi) is 7.75. The Hall–Kier alpha value is -3.15. The number of benzene rings is 2. The van der Waals surface area contributed by atoms with E-state index in [0.717, 1.165) is 16.7 Å². The van der Waals surface area contributed by atoms with Gasteiger partial charge in [0.05, 0.1) is 12.5 Å². The highest BCUT2D eigenvalue weighted by Gasteiger charge is 2.23. The minimum Gasteiger partial charge on any atom is -0.480 e. The van der Waals surface area contributed by atoms with E-state index in [9.17, 15) is 19.5 Å². The zero-order valence-electron chi connectivity index (χ0n) is 16.2. The lowest BCUT2D eigenvalue weighted by molar-refractivity contribution is -0.144. The monoisotopic (exact) mass is 382 g/mol. The van der Waals surface area contributed by atoms with Crippen LogP contribution in [0.1, 0.15) is 36.1 Å². The molecule has 1 unspecified atom stereocenters. The van der Waals surface area contributed by atoms with E-state index in [1.54, 1.807) is 0 Å². The first-order valence-electron chi connectivity index (χ1n) is 9.22. The van der Waals surface area contributed by atoms with Gasteiger partial charge in [0, 0.05) is 13.5 Å². The zero-order valence-corrected chi connectivity index (χ0v) is 16.2. The maximum absolute atomic E-state index is 12.8. The third-order valence-electron chi connectivity index (χ3n) is 4.43. The number of nitrogens with zero attached hydrogens (tertiary/aromatic N) is 1. The van der Waals surface area contributed by atoms with E-state index < -0.39 is 12.0 Å². The van der Waals surface area contributed by atoms with Crippen molar-refractivity contribution in [1.82, 2.24) is 10.2 Å². The summed E-state index contributed by atoms with van der Waals surface area (Å²) >= 11 is 0.